The Balaban J connectivity index is 1.63. The minimum atomic E-state index is 0.554. The van der Waals surface area contributed by atoms with Gasteiger partial charge in [-0.25, -0.2) is 5.01 Å². The fourth-order valence-electron chi connectivity index (χ4n) is 3.68. The Morgan fingerprint density at radius 2 is 1.61 bits per heavy atom. The van der Waals surface area contributed by atoms with Crippen molar-refractivity contribution in [3.8, 4) is 5.69 Å². The van der Waals surface area contributed by atoms with Gasteiger partial charge in [-0.2, -0.15) is 5.10 Å². The predicted octanol–water partition coefficient (Wildman–Crippen LogP) is 5.51. The molecule has 6 heteroatoms. The van der Waals surface area contributed by atoms with Crippen LogP contribution in [0.4, 0.5) is 5.95 Å². The van der Waals surface area contributed by atoms with Crippen LogP contribution in [-0.4, -0.2) is 27.0 Å². The molecule has 0 unspecified atom stereocenters. The van der Waals surface area contributed by atoms with Gasteiger partial charge < -0.3 is 0 Å². The molecule has 152 valence electrons. The summed E-state index contributed by atoms with van der Waals surface area (Å²) >= 11 is 6.13. The van der Waals surface area contributed by atoms with Crippen molar-refractivity contribution in [1.82, 2.24) is 14.8 Å². The molecule has 0 amide bonds. The number of halogens is 1. The van der Waals surface area contributed by atoms with E-state index in [0.717, 1.165) is 33.9 Å². The van der Waals surface area contributed by atoms with Gasteiger partial charge in [0, 0.05) is 16.1 Å². The molecule has 3 aromatic carbocycles. The first-order chi connectivity index (χ1) is 15.2. The van der Waals surface area contributed by atoms with Crippen molar-refractivity contribution in [3.05, 3.63) is 112 Å². The van der Waals surface area contributed by atoms with E-state index in [0.29, 0.717) is 17.5 Å². The number of aryl methyl sites for hydroxylation is 1. The van der Waals surface area contributed by atoms with Gasteiger partial charge in [-0.05, 0) is 30.7 Å². The molecule has 0 bridgehead atoms. The number of nitrogens with zero attached hydrogens (tertiary/aromatic N) is 5. The number of aromatic nitrogens is 3. The number of para-hydroxylation sites is 1. The molecule has 4 aromatic rings. The van der Waals surface area contributed by atoms with E-state index in [4.69, 9.17) is 16.7 Å². The van der Waals surface area contributed by atoms with Crippen molar-refractivity contribution in [2.75, 3.05) is 11.6 Å². The van der Waals surface area contributed by atoms with Crippen molar-refractivity contribution < 1.29 is 0 Å². The van der Waals surface area contributed by atoms with Gasteiger partial charge in [0.1, 0.15) is 11.5 Å². The lowest BCUT2D eigenvalue weighted by atomic mass is 10.0. The molecular formula is C25H20ClN5. The van der Waals surface area contributed by atoms with Gasteiger partial charge >= 0.3 is 0 Å². The zero-order chi connectivity index (χ0) is 21.2. The monoisotopic (exact) mass is 425 g/mol. The molecule has 5 nitrogen and oxygen atoms in total. The first kappa shape index (κ1) is 19.3. The number of fused-ring (bicyclic) bond motifs is 3. The number of anilines is 1. The Kier molecular flexibility index (Phi) is 5.10. The molecule has 2 heterocycles. The van der Waals surface area contributed by atoms with Gasteiger partial charge in [-0.3, -0.25) is 4.57 Å². The lowest BCUT2D eigenvalue weighted by molar-refractivity contribution is 0.856. The van der Waals surface area contributed by atoms with Crippen LogP contribution in [0.2, 0.25) is 5.02 Å². The van der Waals surface area contributed by atoms with Crippen LogP contribution in [-0.2, 0) is 0 Å². The van der Waals surface area contributed by atoms with E-state index in [1.807, 2.05) is 66.5 Å². The Bertz CT molecular complexity index is 1270. The van der Waals surface area contributed by atoms with E-state index in [-0.39, 0.29) is 0 Å². The number of rotatable bonds is 4. The summed E-state index contributed by atoms with van der Waals surface area (Å²) in [6, 6.07) is 26.2. The number of hydrogen-bond donors (Lipinski definition) is 0. The summed E-state index contributed by atoms with van der Waals surface area (Å²) in [6.07, 6.45) is 4.17. The topological polar surface area (TPSA) is 46.3 Å². The van der Waals surface area contributed by atoms with E-state index in [2.05, 4.69) is 51.2 Å². The molecule has 5 rings (SSSR count). The van der Waals surface area contributed by atoms with Crippen LogP contribution in [0.1, 0.15) is 22.5 Å². The standard InChI is InChI=1S/C25H20ClN5/c1-18-27-28-25-30(17-7-10-19-8-3-2-4-9-19)29-24(20-13-15-21(26)16-14-20)22-11-5-6-12-23(22)31(18)25/h2-16H,17H2,1H3/b10-7+. The van der Waals surface area contributed by atoms with Crippen LogP contribution in [0, 0.1) is 6.92 Å². The third kappa shape index (κ3) is 3.76. The first-order valence-electron chi connectivity index (χ1n) is 10.1. The third-order valence-corrected chi connectivity index (χ3v) is 5.42. The van der Waals surface area contributed by atoms with Gasteiger partial charge in [-0.15, -0.1) is 10.2 Å². The SMILES string of the molecule is Cc1nnc2n1-c1ccccc1C(c1ccc(Cl)cc1)=NN2C/C=C/c1ccccc1. The van der Waals surface area contributed by atoms with Crippen LogP contribution in [0.15, 0.2) is 90.0 Å². The Labute approximate surface area is 185 Å². The van der Waals surface area contributed by atoms with Gasteiger partial charge in [0.25, 0.3) is 5.95 Å². The highest BCUT2D eigenvalue weighted by Gasteiger charge is 2.25. The van der Waals surface area contributed by atoms with Crippen LogP contribution in [0.3, 0.4) is 0 Å². The maximum Gasteiger partial charge on any atom is 0.252 e. The van der Waals surface area contributed by atoms with E-state index in [1.165, 1.54) is 0 Å². The minimum absolute atomic E-state index is 0.554. The summed E-state index contributed by atoms with van der Waals surface area (Å²) in [4.78, 5) is 0. The lowest BCUT2D eigenvalue weighted by Gasteiger charge is -2.15. The van der Waals surface area contributed by atoms with Gasteiger partial charge in [0.2, 0.25) is 0 Å². The first-order valence-corrected chi connectivity index (χ1v) is 10.4. The van der Waals surface area contributed by atoms with Gasteiger partial charge in [0.05, 0.1) is 12.2 Å². The Morgan fingerprint density at radius 3 is 2.42 bits per heavy atom. The molecule has 1 aliphatic rings. The van der Waals surface area contributed by atoms with Crippen molar-refractivity contribution >= 4 is 29.3 Å². The summed E-state index contributed by atoms with van der Waals surface area (Å²) in [5.74, 6) is 1.50. The quantitative estimate of drug-likeness (QED) is 0.432. The van der Waals surface area contributed by atoms with Crippen LogP contribution < -0.4 is 5.01 Å². The Morgan fingerprint density at radius 1 is 0.871 bits per heavy atom. The maximum absolute atomic E-state index is 6.13. The average molecular weight is 426 g/mol. The molecule has 0 radical (unpaired) electrons. The maximum atomic E-state index is 6.13. The van der Waals surface area contributed by atoms with E-state index >= 15 is 0 Å². The summed E-state index contributed by atoms with van der Waals surface area (Å²) < 4.78 is 2.05. The van der Waals surface area contributed by atoms with E-state index in [9.17, 15) is 0 Å². The van der Waals surface area contributed by atoms with Crippen LogP contribution >= 0.6 is 11.6 Å². The third-order valence-electron chi connectivity index (χ3n) is 5.17. The molecule has 1 aliphatic heterocycles. The summed E-state index contributed by atoms with van der Waals surface area (Å²) in [5, 5.41) is 16.4. The largest absolute Gasteiger partial charge is 0.263 e. The zero-order valence-corrected chi connectivity index (χ0v) is 17.7. The lowest BCUT2D eigenvalue weighted by Crippen LogP contribution is -2.21. The van der Waals surface area contributed by atoms with Crippen LogP contribution in [0.5, 0.6) is 0 Å². The predicted molar refractivity (Wildman–Crippen MR) is 126 cm³/mol. The van der Waals surface area contributed by atoms with Gasteiger partial charge in [0.15, 0.2) is 0 Å². The second-order valence-electron chi connectivity index (χ2n) is 7.25. The molecule has 31 heavy (non-hydrogen) atoms. The smallest absolute Gasteiger partial charge is 0.252 e. The number of hydrogen-bond acceptors (Lipinski definition) is 4. The second kappa shape index (κ2) is 8.20. The second-order valence-corrected chi connectivity index (χ2v) is 7.69. The molecule has 0 atom stereocenters. The summed E-state index contributed by atoms with van der Waals surface area (Å²) in [7, 11) is 0. The highest BCUT2D eigenvalue weighted by molar-refractivity contribution is 6.30. The number of hydrazone groups is 1. The molecule has 0 saturated carbocycles. The molecule has 1 aromatic heterocycles. The molecule has 0 N–H and O–H groups in total. The molecule has 0 aliphatic carbocycles. The molecule has 0 saturated heterocycles. The Hall–Kier alpha value is -3.70. The molecular weight excluding hydrogens is 406 g/mol. The summed E-state index contributed by atoms with van der Waals surface area (Å²) in [6.45, 7) is 2.51. The highest BCUT2D eigenvalue weighted by Crippen LogP contribution is 2.29. The van der Waals surface area contributed by atoms with Crippen molar-refractivity contribution in [1.29, 1.82) is 0 Å². The van der Waals surface area contributed by atoms with E-state index in [1.54, 1.807) is 0 Å². The van der Waals surface area contributed by atoms with Gasteiger partial charge in [-0.1, -0.05) is 84.4 Å². The average Bonchev–Trinajstić information content (AvgIpc) is 3.12. The fourth-order valence-corrected chi connectivity index (χ4v) is 3.81. The fraction of sp³-hybridized carbons (Fsp3) is 0.0800. The van der Waals surface area contributed by atoms with Crippen LogP contribution in [0.25, 0.3) is 11.8 Å². The highest BCUT2D eigenvalue weighted by atomic mass is 35.5. The van der Waals surface area contributed by atoms with Crippen molar-refractivity contribution in [3.63, 3.8) is 0 Å². The molecule has 0 fully saturated rings. The summed E-state index contributed by atoms with van der Waals surface area (Å²) in [5.41, 5.74) is 5.02. The number of benzene rings is 3. The minimum Gasteiger partial charge on any atom is -0.263 e. The normalized spacial score (nSPS) is 13.0. The van der Waals surface area contributed by atoms with Crippen molar-refractivity contribution in [2.24, 2.45) is 5.10 Å². The molecule has 0 spiro atoms. The van der Waals surface area contributed by atoms with Crippen molar-refractivity contribution in [2.45, 2.75) is 6.92 Å². The van der Waals surface area contributed by atoms with E-state index < -0.39 is 0 Å². The zero-order valence-electron chi connectivity index (χ0n) is 17.0.